The quantitative estimate of drug-likeness (QED) is 0.122. The number of nitrogens with zero attached hydrogens (tertiary/aromatic N) is 6. The van der Waals surface area contributed by atoms with E-state index >= 15 is 4.39 Å². The Morgan fingerprint density at radius 1 is 0.974 bits per heavy atom. The van der Waals surface area contributed by atoms with Crippen LogP contribution in [0.3, 0.4) is 0 Å². The van der Waals surface area contributed by atoms with E-state index in [1.54, 1.807) is 27.2 Å². The number of aryl methyl sites for hydroxylation is 1. The van der Waals surface area contributed by atoms with Gasteiger partial charge in [-0.2, -0.15) is 54.0 Å². The second-order valence-electron chi connectivity index (χ2n) is 21.9. The summed E-state index contributed by atoms with van der Waals surface area (Å²) in [6.45, 7) is 16.6. The Morgan fingerprint density at radius 3 is 2.29 bits per heavy atom. The predicted molar refractivity (Wildman–Crippen MR) is 322 cm³/mol. The van der Waals surface area contributed by atoms with Gasteiger partial charge in [0.25, 0.3) is 17.7 Å². The third kappa shape index (κ3) is 14.7. The monoisotopic (exact) mass is 1140 g/mol. The lowest BCUT2D eigenvalue weighted by Gasteiger charge is -2.40. The molecule has 424 valence electrons. The number of piperidine rings is 1. The Kier molecular flexibility index (Phi) is 23.7. The Bertz CT molecular complexity index is 2810. The Labute approximate surface area is 483 Å². The van der Waals surface area contributed by atoms with E-state index in [-0.39, 0.29) is 106 Å². The van der Waals surface area contributed by atoms with Crippen molar-refractivity contribution in [2.24, 2.45) is 11.3 Å². The lowest BCUT2D eigenvalue weighted by molar-refractivity contribution is -0.156. The van der Waals surface area contributed by atoms with E-state index in [2.05, 4.69) is 72.2 Å². The number of hydrogen-bond acceptors (Lipinski definition) is 10. The van der Waals surface area contributed by atoms with Gasteiger partial charge in [0.2, 0.25) is 5.91 Å². The molecule has 20 heteroatoms. The van der Waals surface area contributed by atoms with E-state index in [1.807, 2.05) is 70.1 Å². The third-order valence-corrected chi connectivity index (χ3v) is 15.1. The van der Waals surface area contributed by atoms with Crippen LogP contribution < -0.4 is 10.7 Å². The topological polar surface area (TPSA) is 159 Å². The van der Waals surface area contributed by atoms with E-state index in [4.69, 9.17) is 14.5 Å². The summed E-state index contributed by atoms with van der Waals surface area (Å²) in [7, 11) is 6.82. The molecule has 0 spiro atoms. The van der Waals surface area contributed by atoms with Crippen LogP contribution in [-0.2, 0) is 52.8 Å². The molecule has 4 aromatic rings. The van der Waals surface area contributed by atoms with Crippen molar-refractivity contribution in [2.75, 3.05) is 54.5 Å². The largest absolute Gasteiger partial charge is 0.464 e. The Balaban J connectivity index is 0.00000390. The summed E-state index contributed by atoms with van der Waals surface area (Å²) in [6.07, 6.45) is 2.56. The molecule has 77 heavy (non-hydrogen) atoms. The van der Waals surface area contributed by atoms with Gasteiger partial charge in [0.15, 0.2) is 5.67 Å². The third-order valence-electron chi connectivity index (χ3n) is 15.1. The molecule has 2 fully saturated rings. The number of likely N-dealkylation sites (tertiary alicyclic amines) is 1. The maximum absolute atomic E-state index is 16.8. The smallest absolute Gasteiger partial charge is 0.324 e. The molecule has 2 aromatic carbocycles. The van der Waals surface area contributed by atoms with Gasteiger partial charge in [0.1, 0.15) is 18.1 Å². The van der Waals surface area contributed by atoms with E-state index in [1.165, 1.54) is 17.0 Å². The number of cyclic esters (lactones) is 1. The van der Waals surface area contributed by atoms with Crippen LogP contribution >= 0.6 is 54.0 Å². The number of carbonyl (C=O) groups excluding carboxylic acids is 5. The van der Waals surface area contributed by atoms with Crippen molar-refractivity contribution in [1.29, 1.82) is 0 Å². The fourth-order valence-corrected chi connectivity index (χ4v) is 10.3. The van der Waals surface area contributed by atoms with E-state index in [0.717, 1.165) is 55.0 Å². The first kappa shape index (κ1) is 66.5. The average Bonchev–Trinajstić information content (AvgIpc) is 3.67. The minimum atomic E-state index is -2.34. The molecule has 3 aliphatic heterocycles. The van der Waals surface area contributed by atoms with Gasteiger partial charge in [-0.15, -0.1) is 0 Å². The molecule has 2 aromatic heterocycles. The highest BCUT2D eigenvalue weighted by Gasteiger charge is 2.47. The van der Waals surface area contributed by atoms with Gasteiger partial charge >= 0.3 is 5.97 Å². The summed E-state index contributed by atoms with van der Waals surface area (Å²) in [4.78, 5) is 80.0. The number of esters is 1. The van der Waals surface area contributed by atoms with Crippen molar-refractivity contribution in [2.45, 2.75) is 136 Å². The van der Waals surface area contributed by atoms with Crippen molar-refractivity contribution in [3.63, 3.8) is 0 Å². The SMILES string of the molecule is CCn1c(-c2cccnc2[C@H](C)OC)c2c3cc(ccc31)-c1cccc(c1)C[C@H](NC(=O)[C@H](C(C)C)N(C)C(=O)C1(F)CCN(C(=O)C#CC(C)(C)N(C)C)CC1)C(=O)N1CCC[C@H](N1)C(=O)OCC(C)(C)C2.S.S.S.S. The zero-order valence-corrected chi connectivity index (χ0v) is 50.9. The van der Waals surface area contributed by atoms with Crippen LogP contribution in [0.25, 0.3) is 33.3 Å². The minimum absolute atomic E-state index is 0. The molecule has 2 saturated heterocycles. The number of pyridine rings is 1. The Hall–Kier alpha value is -4.75. The first-order valence-corrected chi connectivity index (χ1v) is 25.7. The molecule has 5 heterocycles. The van der Waals surface area contributed by atoms with E-state index < -0.39 is 70.3 Å². The number of likely N-dealkylation sites (N-methyl/N-ethyl adjacent to an activating group) is 1. The molecule has 4 atom stereocenters. The van der Waals surface area contributed by atoms with Gasteiger partial charge in [-0.05, 0) is 119 Å². The molecular weight excluding hydrogens is 1060 g/mol. The summed E-state index contributed by atoms with van der Waals surface area (Å²) < 4.78 is 31.1. The second-order valence-corrected chi connectivity index (χ2v) is 21.9. The van der Waals surface area contributed by atoms with Crippen molar-refractivity contribution in [1.82, 2.24) is 40.0 Å². The molecule has 0 aliphatic carbocycles. The average molecular weight is 1140 g/mol. The molecule has 15 nitrogen and oxygen atoms in total. The van der Waals surface area contributed by atoms with Gasteiger partial charge in [-0.3, -0.25) is 38.9 Å². The molecule has 0 saturated carbocycles. The van der Waals surface area contributed by atoms with Gasteiger partial charge in [0.05, 0.1) is 29.6 Å². The molecule has 2 N–H and O–H groups in total. The van der Waals surface area contributed by atoms with Gasteiger partial charge < -0.3 is 29.2 Å². The first-order chi connectivity index (χ1) is 34.5. The number of amides is 4. The molecular formula is C57H83FN8O7S4. The van der Waals surface area contributed by atoms with Crippen LogP contribution in [-0.4, -0.2) is 143 Å². The number of methoxy groups -OCH3 is 1. The van der Waals surface area contributed by atoms with E-state index in [0.29, 0.717) is 25.8 Å². The van der Waals surface area contributed by atoms with Crippen LogP contribution in [0.4, 0.5) is 4.39 Å². The number of carbonyl (C=O) groups is 5. The lowest BCUT2D eigenvalue weighted by Crippen LogP contribution is -2.63. The molecule has 6 bridgehead atoms. The van der Waals surface area contributed by atoms with Crippen LogP contribution in [0, 0.1) is 23.2 Å². The van der Waals surface area contributed by atoms with Crippen molar-refractivity contribution < 1.29 is 37.8 Å². The summed E-state index contributed by atoms with van der Waals surface area (Å²) in [5.41, 5.74) is 7.28. The maximum atomic E-state index is 16.8. The molecule has 3 aliphatic rings. The van der Waals surface area contributed by atoms with Crippen molar-refractivity contribution >= 4 is 94.5 Å². The summed E-state index contributed by atoms with van der Waals surface area (Å²) in [5, 5.41) is 5.43. The lowest BCUT2D eigenvalue weighted by atomic mass is 9.84. The number of nitrogens with one attached hydrogen (secondary N) is 2. The number of fused-ring (bicyclic) bond motifs is 6. The zero-order chi connectivity index (χ0) is 53.2. The van der Waals surface area contributed by atoms with Crippen molar-refractivity contribution in [3.8, 4) is 34.2 Å². The van der Waals surface area contributed by atoms with Gasteiger partial charge in [-0.25, -0.2) is 9.82 Å². The fourth-order valence-electron chi connectivity index (χ4n) is 10.3. The summed E-state index contributed by atoms with van der Waals surface area (Å²) in [5.74, 6) is 2.29. The van der Waals surface area contributed by atoms with Gasteiger partial charge in [0, 0.05) is 87.7 Å². The molecule has 0 unspecified atom stereocenters. The maximum Gasteiger partial charge on any atom is 0.324 e. The number of hydrazine groups is 1. The second kappa shape index (κ2) is 27.4. The van der Waals surface area contributed by atoms with E-state index in [9.17, 15) is 24.0 Å². The summed E-state index contributed by atoms with van der Waals surface area (Å²) >= 11 is 0. The highest BCUT2D eigenvalue weighted by molar-refractivity contribution is 7.59. The molecule has 7 rings (SSSR count). The fraction of sp³-hybridized carbons (Fsp3) is 0.544. The highest BCUT2D eigenvalue weighted by atomic mass is 32.1. The molecule has 0 radical (unpaired) electrons. The van der Waals surface area contributed by atoms with Crippen LogP contribution in [0.1, 0.15) is 104 Å². The number of ether oxygens (including phenoxy) is 2. The van der Waals surface area contributed by atoms with Crippen molar-refractivity contribution in [3.05, 3.63) is 77.6 Å². The number of benzene rings is 2. The summed E-state index contributed by atoms with van der Waals surface area (Å²) in [6, 6.07) is 15.2. The number of hydrogen-bond donors (Lipinski definition) is 2. The molecule has 4 amide bonds. The highest BCUT2D eigenvalue weighted by Crippen LogP contribution is 2.42. The Morgan fingerprint density at radius 2 is 1.65 bits per heavy atom. The van der Waals surface area contributed by atoms with Gasteiger partial charge in [-0.1, -0.05) is 63.9 Å². The first-order valence-electron chi connectivity index (χ1n) is 25.7. The number of aromatic nitrogens is 2. The predicted octanol–water partition coefficient (Wildman–Crippen LogP) is 7.35. The van der Waals surface area contributed by atoms with Crippen LogP contribution in [0.2, 0.25) is 0 Å². The van der Waals surface area contributed by atoms with Crippen LogP contribution in [0.15, 0.2) is 60.8 Å². The zero-order valence-electron chi connectivity index (χ0n) is 46.9. The normalized spacial score (nSPS) is 19.1. The standard InChI is InChI=1S/C57H75FN8O7.4H2S/c1-13-65-46-22-21-40-33-42(46)43(50(65)41-19-15-27-59-48(41)37(4)72-12)34-55(5,6)35-73-53(70)44-20-16-28-66(61-44)52(69)45(32-38-17-14-18-39(40)31-38)60-51(68)49(36(2)3)63(11)54(71)57(58)25-29-64(30-26-57)47(67)23-24-56(7,8)62(9)10;;;;/h14-15,17-19,21-22,27,31,33,36-37,44-45,49,61H,13,16,20,25-26,28-30,32,34-35H2,1-12H3,(H,60,68);4*1H2/t37-,44-,45-,49-;;;;/m0..../s1. The number of halogens is 1. The van der Waals surface area contributed by atoms with Crippen LogP contribution in [0.5, 0.6) is 0 Å². The minimum Gasteiger partial charge on any atom is -0.464 e. The number of rotatable bonds is 10. The number of alkyl halides is 1.